The molecule has 8 rings (SSSR count). The maximum Gasteiger partial charge on any atom is 0.498 e. The normalized spacial score (nSPS) is 43.9. The fourth-order valence-electron chi connectivity index (χ4n) is 7.04. The maximum absolute atomic E-state index is 14.4. The summed E-state index contributed by atoms with van der Waals surface area (Å²) < 4.78 is 38.6. The first-order chi connectivity index (χ1) is 13.1. The number of fused-ring (bicyclic) bond motifs is 1. The van der Waals surface area contributed by atoms with Crippen molar-refractivity contribution in [3.8, 4) is 5.75 Å². The van der Waals surface area contributed by atoms with Crippen molar-refractivity contribution in [2.75, 3.05) is 0 Å². The summed E-state index contributed by atoms with van der Waals surface area (Å²) in [6.45, 7) is 7.70. The minimum absolute atomic E-state index is 0.178. The van der Waals surface area contributed by atoms with Gasteiger partial charge in [-0.05, 0) is 44.1 Å². The number of ether oxygens (including phenoxy) is 2. The van der Waals surface area contributed by atoms with Crippen LogP contribution in [0.25, 0.3) is 0 Å². The standard InChI is InChI=1S/C21H24BFO5/c1-5-19-8-20(9-19)11-21(10-19)18(20,4)27-22(28-21)12-6-7-13(23)14-15(12)25-17(2,3)26-16(14)24/h6-7H,5,8-11H2,1-4H3/t18-,19?,20?,21?/m0/s1. The van der Waals surface area contributed by atoms with Gasteiger partial charge >= 0.3 is 13.1 Å². The lowest BCUT2D eigenvalue weighted by molar-refractivity contribution is -0.363. The number of cyclic esters (lactones) is 1. The summed E-state index contributed by atoms with van der Waals surface area (Å²) in [4.78, 5) is 12.4. The van der Waals surface area contributed by atoms with E-state index in [1.165, 1.54) is 18.9 Å². The van der Waals surface area contributed by atoms with Crippen molar-refractivity contribution >= 4 is 18.6 Å². The quantitative estimate of drug-likeness (QED) is 0.577. The van der Waals surface area contributed by atoms with E-state index < -0.39 is 24.7 Å². The Labute approximate surface area is 164 Å². The molecule has 7 heteroatoms. The molecule has 5 saturated carbocycles. The molecule has 1 unspecified atom stereocenters. The third-order valence-electron chi connectivity index (χ3n) is 8.30. The predicted octanol–water partition coefficient (Wildman–Crippen LogP) is 3.33. The molecule has 2 heterocycles. The molecule has 1 saturated heterocycles. The highest BCUT2D eigenvalue weighted by molar-refractivity contribution is 6.63. The first kappa shape index (κ1) is 17.3. The topological polar surface area (TPSA) is 54.0 Å². The van der Waals surface area contributed by atoms with Crippen molar-refractivity contribution in [1.82, 2.24) is 0 Å². The van der Waals surface area contributed by atoms with Gasteiger partial charge in [0, 0.05) is 24.7 Å². The molecule has 0 radical (unpaired) electrons. The highest BCUT2D eigenvalue weighted by Crippen LogP contribution is 2.84. The molecule has 1 aromatic rings. The minimum atomic E-state index is -1.17. The number of halogens is 1. The Hall–Kier alpha value is -1.60. The van der Waals surface area contributed by atoms with Gasteiger partial charge in [-0.15, -0.1) is 0 Å². The number of hydrogen-bond donors (Lipinski definition) is 0. The summed E-state index contributed by atoms with van der Waals surface area (Å²) in [5.41, 5.74) is 0.316. The molecular weight excluding hydrogens is 362 g/mol. The first-order valence-corrected chi connectivity index (χ1v) is 10.2. The van der Waals surface area contributed by atoms with Crippen LogP contribution in [-0.2, 0) is 14.0 Å². The van der Waals surface area contributed by atoms with E-state index in [9.17, 15) is 9.18 Å². The molecule has 0 aromatic heterocycles. The van der Waals surface area contributed by atoms with Crippen LogP contribution in [0.2, 0.25) is 0 Å². The number of rotatable bonds is 2. The number of benzene rings is 1. The molecule has 6 fully saturated rings. The Balaban J connectivity index is 1.42. The molecule has 0 amide bonds. The zero-order valence-electron chi connectivity index (χ0n) is 16.7. The van der Waals surface area contributed by atoms with Crippen molar-refractivity contribution in [3.63, 3.8) is 0 Å². The first-order valence-electron chi connectivity index (χ1n) is 10.2. The highest BCUT2D eigenvalue weighted by atomic mass is 19.1. The summed E-state index contributed by atoms with van der Waals surface area (Å²) in [5, 5.41) is 0. The van der Waals surface area contributed by atoms with Crippen LogP contribution in [0.5, 0.6) is 5.75 Å². The Morgan fingerprint density at radius 3 is 2.54 bits per heavy atom. The minimum Gasteiger partial charge on any atom is -0.452 e. The molecule has 28 heavy (non-hydrogen) atoms. The molecular formula is C21H24BFO5. The smallest absolute Gasteiger partial charge is 0.452 e. The van der Waals surface area contributed by atoms with Gasteiger partial charge in [0.05, 0.1) is 11.2 Å². The third kappa shape index (κ3) is 1.71. The van der Waals surface area contributed by atoms with Crippen molar-refractivity contribution in [1.29, 1.82) is 0 Å². The van der Waals surface area contributed by atoms with E-state index in [4.69, 9.17) is 18.8 Å². The number of carbonyl (C=O) groups is 1. The van der Waals surface area contributed by atoms with Crippen LogP contribution in [0.4, 0.5) is 4.39 Å². The molecule has 2 aliphatic heterocycles. The van der Waals surface area contributed by atoms with Crippen LogP contribution in [0.15, 0.2) is 12.1 Å². The molecule has 2 spiro atoms. The van der Waals surface area contributed by atoms with E-state index in [-0.39, 0.29) is 27.9 Å². The molecule has 2 atom stereocenters. The summed E-state index contributed by atoms with van der Waals surface area (Å²) in [6.07, 6.45) is 5.58. The van der Waals surface area contributed by atoms with Crippen LogP contribution < -0.4 is 10.2 Å². The van der Waals surface area contributed by atoms with Crippen LogP contribution in [0.1, 0.15) is 70.2 Å². The van der Waals surface area contributed by atoms with Crippen LogP contribution >= 0.6 is 0 Å². The summed E-state index contributed by atoms with van der Waals surface area (Å²) in [7, 11) is -0.673. The molecule has 5 aliphatic carbocycles. The zero-order valence-corrected chi connectivity index (χ0v) is 16.7. The second-order valence-corrected chi connectivity index (χ2v) is 10.2. The van der Waals surface area contributed by atoms with Crippen molar-refractivity contribution in [3.05, 3.63) is 23.5 Å². The van der Waals surface area contributed by atoms with E-state index in [2.05, 4.69) is 13.8 Å². The molecule has 148 valence electrons. The Morgan fingerprint density at radius 1 is 1.07 bits per heavy atom. The van der Waals surface area contributed by atoms with Gasteiger partial charge in [-0.1, -0.05) is 19.4 Å². The second-order valence-electron chi connectivity index (χ2n) is 10.2. The van der Waals surface area contributed by atoms with Crippen LogP contribution in [-0.4, -0.2) is 30.1 Å². The van der Waals surface area contributed by atoms with Gasteiger partial charge in [0.15, 0.2) is 0 Å². The summed E-state index contributed by atoms with van der Waals surface area (Å²) in [6, 6.07) is 2.88. The third-order valence-corrected chi connectivity index (χ3v) is 8.30. The summed E-state index contributed by atoms with van der Waals surface area (Å²) in [5.74, 6) is -2.37. The molecule has 7 aliphatic rings. The predicted molar refractivity (Wildman–Crippen MR) is 98.8 cm³/mol. The molecule has 0 N–H and O–H groups in total. The fraction of sp³-hybridized carbons (Fsp3) is 0.667. The largest absolute Gasteiger partial charge is 0.498 e. The Kier molecular flexibility index (Phi) is 2.83. The lowest BCUT2D eigenvalue weighted by Gasteiger charge is -2.81. The lowest BCUT2D eigenvalue weighted by Crippen LogP contribution is -2.84. The van der Waals surface area contributed by atoms with Gasteiger partial charge in [-0.25, -0.2) is 9.18 Å². The fourth-order valence-corrected chi connectivity index (χ4v) is 7.04. The van der Waals surface area contributed by atoms with Gasteiger partial charge in [-0.3, -0.25) is 0 Å². The van der Waals surface area contributed by atoms with Gasteiger partial charge in [0.2, 0.25) is 5.79 Å². The average molecular weight is 386 g/mol. The average Bonchev–Trinajstić information content (AvgIpc) is 2.82. The van der Waals surface area contributed by atoms with E-state index in [0.717, 1.165) is 19.3 Å². The molecule has 5 nitrogen and oxygen atoms in total. The van der Waals surface area contributed by atoms with Gasteiger partial charge < -0.3 is 18.8 Å². The van der Waals surface area contributed by atoms with Crippen LogP contribution in [0.3, 0.4) is 0 Å². The number of esters is 1. The van der Waals surface area contributed by atoms with E-state index in [1.807, 2.05) is 0 Å². The van der Waals surface area contributed by atoms with Crippen LogP contribution in [0, 0.1) is 16.6 Å². The van der Waals surface area contributed by atoms with E-state index >= 15 is 0 Å². The summed E-state index contributed by atoms with van der Waals surface area (Å²) >= 11 is 0. The Bertz CT molecular complexity index is 939. The monoisotopic (exact) mass is 386 g/mol. The number of hydrogen-bond acceptors (Lipinski definition) is 5. The van der Waals surface area contributed by atoms with Gasteiger partial charge in [0.25, 0.3) is 0 Å². The van der Waals surface area contributed by atoms with Crippen molar-refractivity contribution in [2.24, 2.45) is 10.8 Å². The zero-order chi connectivity index (χ0) is 19.7. The highest BCUT2D eigenvalue weighted by Gasteiger charge is 2.87. The maximum atomic E-state index is 14.4. The van der Waals surface area contributed by atoms with E-state index in [0.29, 0.717) is 10.9 Å². The van der Waals surface area contributed by atoms with Gasteiger partial charge in [0.1, 0.15) is 17.1 Å². The molecule has 1 aromatic carbocycles. The number of carbonyl (C=O) groups excluding carboxylic acids is 1. The van der Waals surface area contributed by atoms with E-state index in [1.54, 1.807) is 19.9 Å². The van der Waals surface area contributed by atoms with Crippen molar-refractivity contribution < 1.29 is 28.0 Å². The lowest BCUT2D eigenvalue weighted by atomic mass is 9.26. The van der Waals surface area contributed by atoms with Crippen molar-refractivity contribution in [2.45, 2.75) is 76.8 Å². The SMILES string of the molecule is CCC12CC3(C1)CC1(C2)OB(c2ccc(F)c4c2OC(C)(C)OC4=O)O[C@@]31C. The van der Waals surface area contributed by atoms with Gasteiger partial charge in [-0.2, -0.15) is 0 Å². The Morgan fingerprint density at radius 2 is 1.82 bits per heavy atom. The second kappa shape index (κ2) is 4.59. The molecule has 3 bridgehead atoms.